The van der Waals surface area contributed by atoms with E-state index in [0.717, 1.165) is 17.5 Å². The summed E-state index contributed by atoms with van der Waals surface area (Å²) in [6.45, 7) is 6.24. The van der Waals surface area contributed by atoms with Gasteiger partial charge in [-0.25, -0.2) is 4.98 Å². The zero-order valence-electron chi connectivity index (χ0n) is 18.3. The summed E-state index contributed by atoms with van der Waals surface area (Å²) in [4.78, 5) is 16.9. The molecule has 0 saturated heterocycles. The highest BCUT2D eigenvalue weighted by Crippen LogP contribution is 2.32. The van der Waals surface area contributed by atoms with Gasteiger partial charge in [-0.2, -0.15) is 0 Å². The van der Waals surface area contributed by atoms with E-state index >= 15 is 0 Å². The van der Waals surface area contributed by atoms with Gasteiger partial charge in [-0.05, 0) is 72.9 Å². The van der Waals surface area contributed by atoms with Gasteiger partial charge in [-0.15, -0.1) is 0 Å². The molecule has 4 rings (SSSR count). The van der Waals surface area contributed by atoms with Crippen molar-refractivity contribution in [2.24, 2.45) is 0 Å². The summed E-state index contributed by atoms with van der Waals surface area (Å²) >= 11 is 6.38. The smallest absolute Gasteiger partial charge is 0.262 e. The minimum atomic E-state index is -0.266. The van der Waals surface area contributed by atoms with Crippen LogP contribution in [0.3, 0.4) is 0 Å². The van der Waals surface area contributed by atoms with Gasteiger partial charge >= 0.3 is 0 Å². The second-order valence-electron chi connectivity index (χ2n) is 7.90. The van der Waals surface area contributed by atoms with Crippen molar-refractivity contribution in [2.45, 2.75) is 33.1 Å². The van der Waals surface area contributed by atoms with E-state index in [1.165, 1.54) is 5.56 Å². The van der Waals surface area contributed by atoms with Crippen LogP contribution in [0.2, 0.25) is 5.02 Å². The van der Waals surface area contributed by atoms with E-state index in [1.54, 1.807) is 18.2 Å². The maximum Gasteiger partial charge on any atom is 0.262 e. The van der Waals surface area contributed by atoms with Crippen LogP contribution >= 0.6 is 11.6 Å². The largest absolute Gasteiger partial charge is 0.484 e. The van der Waals surface area contributed by atoms with Crippen LogP contribution in [-0.4, -0.2) is 17.5 Å². The number of carbonyl (C=O) groups excluding carboxylic acids is 1. The third-order valence-corrected chi connectivity index (χ3v) is 5.79. The van der Waals surface area contributed by atoms with E-state index < -0.39 is 0 Å². The van der Waals surface area contributed by atoms with Crippen LogP contribution in [0.5, 0.6) is 5.75 Å². The molecule has 1 amide bonds. The van der Waals surface area contributed by atoms with Crippen LogP contribution in [0, 0.1) is 6.92 Å². The Morgan fingerprint density at radius 3 is 2.66 bits per heavy atom. The van der Waals surface area contributed by atoms with Gasteiger partial charge in [-0.3, -0.25) is 4.79 Å². The summed E-state index contributed by atoms with van der Waals surface area (Å²) < 4.78 is 11.5. The first-order valence-corrected chi connectivity index (χ1v) is 11.0. The summed E-state index contributed by atoms with van der Waals surface area (Å²) in [6.07, 6.45) is 1.08. The highest BCUT2D eigenvalue weighted by molar-refractivity contribution is 6.33. The number of carbonyl (C=O) groups is 1. The molecule has 4 aromatic rings. The third-order valence-electron chi connectivity index (χ3n) is 5.46. The highest BCUT2D eigenvalue weighted by Gasteiger charge is 2.14. The van der Waals surface area contributed by atoms with Crippen molar-refractivity contribution in [2.75, 3.05) is 11.9 Å². The van der Waals surface area contributed by atoms with Crippen molar-refractivity contribution in [1.29, 1.82) is 0 Å². The molecule has 0 aliphatic carbocycles. The van der Waals surface area contributed by atoms with Crippen molar-refractivity contribution in [3.05, 3.63) is 76.8 Å². The monoisotopic (exact) mass is 448 g/mol. The first kappa shape index (κ1) is 21.9. The Morgan fingerprint density at radius 2 is 1.91 bits per heavy atom. The van der Waals surface area contributed by atoms with E-state index in [2.05, 4.69) is 24.1 Å². The molecule has 1 heterocycles. The van der Waals surface area contributed by atoms with Gasteiger partial charge in [0.2, 0.25) is 5.89 Å². The van der Waals surface area contributed by atoms with E-state index in [0.29, 0.717) is 39.4 Å². The zero-order chi connectivity index (χ0) is 22.7. The molecule has 1 aromatic heterocycles. The molecule has 0 spiro atoms. The Kier molecular flexibility index (Phi) is 6.47. The number of nitrogens with one attached hydrogen (secondary N) is 1. The molecule has 1 N–H and O–H groups in total. The van der Waals surface area contributed by atoms with Crippen LogP contribution in [-0.2, 0) is 4.79 Å². The van der Waals surface area contributed by atoms with Crippen molar-refractivity contribution in [3.8, 4) is 17.2 Å². The number of hydrogen-bond donors (Lipinski definition) is 1. The Hall–Kier alpha value is -3.31. The number of rotatable bonds is 7. The molecular weight excluding hydrogens is 424 g/mol. The number of hydrogen-bond acceptors (Lipinski definition) is 4. The quantitative estimate of drug-likeness (QED) is 0.331. The number of amides is 1. The summed E-state index contributed by atoms with van der Waals surface area (Å²) in [5.74, 6) is 1.30. The topological polar surface area (TPSA) is 64.4 Å². The molecule has 3 aromatic carbocycles. The maximum absolute atomic E-state index is 12.4. The number of anilines is 1. The summed E-state index contributed by atoms with van der Waals surface area (Å²) in [5, 5.41) is 3.33. The number of aryl methyl sites for hydroxylation is 1. The Balaban J connectivity index is 1.43. The fourth-order valence-electron chi connectivity index (χ4n) is 3.39. The molecule has 32 heavy (non-hydrogen) atoms. The molecule has 1 atom stereocenters. The number of oxazole rings is 1. The fourth-order valence-corrected chi connectivity index (χ4v) is 3.59. The molecule has 0 aliphatic heterocycles. The molecule has 6 heteroatoms. The fraction of sp³-hybridized carbons (Fsp3) is 0.231. The molecule has 0 bridgehead atoms. The predicted octanol–water partition coefficient (Wildman–Crippen LogP) is 6.99. The van der Waals surface area contributed by atoms with Gasteiger partial charge in [0, 0.05) is 5.69 Å². The van der Waals surface area contributed by atoms with Crippen molar-refractivity contribution < 1.29 is 13.9 Å². The Labute approximate surface area is 192 Å². The number of benzene rings is 3. The molecule has 0 radical (unpaired) electrons. The Bertz CT molecular complexity index is 1250. The molecular formula is C26H25ClN2O3. The van der Waals surface area contributed by atoms with Gasteiger partial charge in [0.15, 0.2) is 12.2 Å². The predicted molar refractivity (Wildman–Crippen MR) is 128 cm³/mol. The summed E-state index contributed by atoms with van der Waals surface area (Å²) in [6, 6.07) is 18.9. The molecule has 0 saturated carbocycles. The van der Waals surface area contributed by atoms with E-state index in [1.807, 2.05) is 49.4 Å². The molecule has 164 valence electrons. The zero-order valence-corrected chi connectivity index (χ0v) is 19.1. The normalized spacial score (nSPS) is 12.0. The maximum atomic E-state index is 12.4. The van der Waals surface area contributed by atoms with Gasteiger partial charge in [0.25, 0.3) is 5.91 Å². The number of fused-ring (bicyclic) bond motifs is 1. The minimum absolute atomic E-state index is 0.0944. The van der Waals surface area contributed by atoms with Crippen molar-refractivity contribution >= 4 is 34.3 Å². The van der Waals surface area contributed by atoms with Gasteiger partial charge < -0.3 is 14.5 Å². The van der Waals surface area contributed by atoms with Crippen molar-refractivity contribution in [3.63, 3.8) is 0 Å². The van der Waals surface area contributed by atoms with Crippen LogP contribution in [0.1, 0.15) is 37.3 Å². The average molecular weight is 449 g/mol. The second-order valence-corrected chi connectivity index (χ2v) is 8.31. The van der Waals surface area contributed by atoms with E-state index in [9.17, 15) is 4.79 Å². The molecule has 0 fully saturated rings. The number of ether oxygens (including phenoxy) is 1. The van der Waals surface area contributed by atoms with Gasteiger partial charge in [0.1, 0.15) is 11.3 Å². The Morgan fingerprint density at radius 1 is 1.12 bits per heavy atom. The first-order valence-electron chi connectivity index (χ1n) is 10.6. The average Bonchev–Trinajstić information content (AvgIpc) is 3.21. The van der Waals surface area contributed by atoms with E-state index in [-0.39, 0.29) is 12.5 Å². The molecule has 5 nitrogen and oxygen atoms in total. The van der Waals surface area contributed by atoms with Crippen LogP contribution in [0.25, 0.3) is 22.6 Å². The molecule has 0 unspecified atom stereocenters. The SMILES string of the molecule is CC[C@H](C)c1ccc(OCC(=O)Nc2ccc(Cl)c(-c3nc4ccc(C)cc4o3)c2)cc1. The third kappa shape index (κ3) is 4.94. The highest BCUT2D eigenvalue weighted by atomic mass is 35.5. The first-order chi connectivity index (χ1) is 15.4. The van der Waals surface area contributed by atoms with Crippen molar-refractivity contribution in [1.82, 2.24) is 4.98 Å². The second kappa shape index (κ2) is 9.45. The van der Waals surface area contributed by atoms with Crippen LogP contribution in [0.15, 0.2) is 65.1 Å². The van der Waals surface area contributed by atoms with Gasteiger partial charge in [0.05, 0.1) is 10.6 Å². The lowest BCUT2D eigenvalue weighted by molar-refractivity contribution is -0.118. The van der Waals surface area contributed by atoms with Crippen LogP contribution in [0.4, 0.5) is 5.69 Å². The number of halogens is 1. The van der Waals surface area contributed by atoms with Crippen LogP contribution < -0.4 is 10.1 Å². The standard InChI is InChI=1S/C26H25ClN2O3/c1-4-17(3)18-6-9-20(10-7-18)31-15-25(30)28-19-8-11-22(27)21(14-19)26-29-23-12-5-16(2)13-24(23)32-26/h5-14,17H,4,15H2,1-3H3,(H,28,30)/t17-/m0/s1. The summed E-state index contributed by atoms with van der Waals surface area (Å²) in [7, 11) is 0. The lowest BCUT2D eigenvalue weighted by Gasteiger charge is -2.11. The lowest BCUT2D eigenvalue weighted by Crippen LogP contribution is -2.20. The summed E-state index contributed by atoms with van der Waals surface area (Å²) in [5.41, 5.74) is 4.99. The number of aromatic nitrogens is 1. The number of nitrogens with zero attached hydrogens (tertiary/aromatic N) is 1. The van der Waals surface area contributed by atoms with Gasteiger partial charge in [-0.1, -0.05) is 43.6 Å². The minimum Gasteiger partial charge on any atom is -0.484 e. The van der Waals surface area contributed by atoms with E-state index in [4.69, 9.17) is 20.8 Å². The lowest BCUT2D eigenvalue weighted by atomic mass is 9.99. The molecule has 0 aliphatic rings.